The van der Waals surface area contributed by atoms with Crippen LogP contribution in [0.3, 0.4) is 0 Å². The summed E-state index contributed by atoms with van der Waals surface area (Å²) in [5, 5.41) is 13.9. The van der Waals surface area contributed by atoms with Crippen LogP contribution in [0.25, 0.3) is 22.0 Å². The molecule has 142 valence electrons. The van der Waals surface area contributed by atoms with Crippen molar-refractivity contribution < 1.29 is 4.74 Å². The van der Waals surface area contributed by atoms with Gasteiger partial charge in [-0.2, -0.15) is 10.2 Å². The molecule has 3 aromatic rings. The molecule has 0 aliphatic carbocycles. The van der Waals surface area contributed by atoms with Crippen LogP contribution in [-0.2, 0) is 11.3 Å². The number of ether oxygens (including phenoxy) is 1. The Morgan fingerprint density at radius 1 is 1.19 bits per heavy atom. The summed E-state index contributed by atoms with van der Waals surface area (Å²) in [6, 6.07) is 7.21. The van der Waals surface area contributed by atoms with Crippen molar-refractivity contribution in [2.24, 2.45) is 5.92 Å². The van der Waals surface area contributed by atoms with Crippen molar-refractivity contribution in [2.75, 3.05) is 13.2 Å². The van der Waals surface area contributed by atoms with Crippen LogP contribution in [-0.4, -0.2) is 38.8 Å². The van der Waals surface area contributed by atoms with E-state index in [1.165, 1.54) is 29.3 Å². The lowest BCUT2D eigenvalue weighted by molar-refractivity contribution is -0.0394. The van der Waals surface area contributed by atoms with Crippen molar-refractivity contribution >= 4 is 10.9 Å². The van der Waals surface area contributed by atoms with Gasteiger partial charge in [0, 0.05) is 42.9 Å². The van der Waals surface area contributed by atoms with E-state index in [1.54, 1.807) is 0 Å². The second-order valence-corrected chi connectivity index (χ2v) is 8.04. The summed E-state index contributed by atoms with van der Waals surface area (Å²) >= 11 is 0. The largest absolute Gasteiger partial charge is 0.357 e. The molecule has 3 atom stereocenters. The molecule has 0 saturated carbocycles. The highest BCUT2D eigenvalue weighted by Crippen LogP contribution is 2.28. The van der Waals surface area contributed by atoms with Gasteiger partial charge in [-0.3, -0.25) is 4.68 Å². The minimum absolute atomic E-state index is 0.0846. The molecular formula is C21H27N5O. The van der Waals surface area contributed by atoms with Gasteiger partial charge < -0.3 is 10.1 Å². The van der Waals surface area contributed by atoms with Gasteiger partial charge in [-0.15, -0.1) is 0 Å². The summed E-state index contributed by atoms with van der Waals surface area (Å²) in [5.74, 6) is 0.663. The predicted octanol–water partition coefficient (Wildman–Crippen LogP) is 3.60. The summed E-state index contributed by atoms with van der Waals surface area (Å²) in [6.07, 6.45) is 10.7. The molecule has 0 radical (unpaired) electrons. The molecule has 2 fully saturated rings. The Balaban J connectivity index is 1.36. The van der Waals surface area contributed by atoms with E-state index >= 15 is 0 Å². The van der Waals surface area contributed by atoms with Crippen molar-refractivity contribution in [1.29, 1.82) is 0 Å². The number of rotatable bonds is 4. The van der Waals surface area contributed by atoms with Gasteiger partial charge in [0.25, 0.3) is 0 Å². The van der Waals surface area contributed by atoms with Gasteiger partial charge in [0.1, 0.15) is 6.23 Å². The summed E-state index contributed by atoms with van der Waals surface area (Å²) in [5.41, 5.74) is 3.52. The van der Waals surface area contributed by atoms with Crippen LogP contribution < -0.4 is 5.32 Å². The Bertz CT molecular complexity index is 924. The summed E-state index contributed by atoms with van der Waals surface area (Å²) < 4.78 is 9.96. The van der Waals surface area contributed by atoms with E-state index in [-0.39, 0.29) is 6.23 Å². The topological polar surface area (TPSA) is 56.9 Å². The van der Waals surface area contributed by atoms with Crippen LogP contribution in [0.15, 0.2) is 36.8 Å². The van der Waals surface area contributed by atoms with Gasteiger partial charge in [-0.1, -0.05) is 6.07 Å². The highest BCUT2D eigenvalue weighted by Gasteiger charge is 2.22. The van der Waals surface area contributed by atoms with E-state index in [0.717, 1.165) is 38.1 Å². The van der Waals surface area contributed by atoms with Crippen LogP contribution in [0, 0.1) is 5.92 Å². The molecule has 0 spiro atoms. The maximum Gasteiger partial charge on any atom is 0.150 e. The lowest BCUT2D eigenvalue weighted by atomic mass is 10.1. The van der Waals surface area contributed by atoms with Crippen LogP contribution in [0.4, 0.5) is 0 Å². The molecule has 2 aliphatic rings. The number of fused-ring (bicyclic) bond motifs is 1. The number of benzene rings is 1. The average molecular weight is 365 g/mol. The molecule has 6 nitrogen and oxygen atoms in total. The van der Waals surface area contributed by atoms with Crippen LogP contribution in [0.2, 0.25) is 0 Å². The van der Waals surface area contributed by atoms with E-state index in [0.29, 0.717) is 12.0 Å². The fourth-order valence-electron chi connectivity index (χ4n) is 4.41. The smallest absolute Gasteiger partial charge is 0.150 e. The summed E-state index contributed by atoms with van der Waals surface area (Å²) in [4.78, 5) is 0. The number of nitrogens with zero attached hydrogens (tertiary/aromatic N) is 4. The molecular weight excluding hydrogens is 338 g/mol. The first kappa shape index (κ1) is 17.0. The molecule has 1 N–H and O–H groups in total. The summed E-state index contributed by atoms with van der Waals surface area (Å²) in [6.45, 7) is 5.16. The van der Waals surface area contributed by atoms with Gasteiger partial charge in [0.15, 0.2) is 0 Å². The van der Waals surface area contributed by atoms with Crippen molar-refractivity contribution in [1.82, 2.24) is 24.9 Å². The molecule has 0 amide bonds. The fourth-order valence-corrected chi connectivity index (χ4v) is 4.41. The quantitative estimate of drug-likeness (QED) is 0.768. The minimum atomic E-state index is 0.0846. The molecule has 2 aliphatic heterocycles. The first-order valence-electron chi connectivity index (χ1n) is 10.1. The zero-order chi connectivity index (χ0) is 18.2. The van der Waals surface area contributed by atoms with Crippen molar-refractivity contribution in [3.05, 3.63) is 36.8 Å². The fraction of sp³-hybridized carbons (Fsp3) is 0.524. The first-order valence-corrected chi connectivity index (χ1v) is 10.1. The third kappa shape index (κ3) is 3.39. The van der Waals surface area contributed by atoms with Crippen molar-refractivity contribution in [3.8, 4) is 11.1 Å². The maximum absolute atomic E-state index is 5.84. The Morgan fingerprint density at radius 3 is 2.96 bits per heavy atom. The van der Waals surface area contributed by atoms with Gasteiger partial charge in [-0.05, 0) is 56.2 Å². The highest BCUT2D eigenvalue weighted by atomic mass is 16.5. The molecule has 1 unspecified atom stereocenters. The first-order chi connectivity index (χ1) is 13.3. The van der Waals surface area contributed by atoms with Crippen molar-refractivity contribution in [2.45, 2.75) is 51.4 Å². The predicted molar refractivity (Wildman–Crippen MR) is 105 cm³/mol. The van der Waals surface area contributed by atoms with Gasteiger partial charge in [0.2, 0.25) is 0 Å². The molecule has 5 rings (SSSR count). The van der Waals surface area contributed by atoms with E-state index in [4.69, 9.17) is 4.74 Å². The maximum atomic E-state index is 5.84. The third-order valence-electron chi connectivity index (χ3n) is 5.90. The lowest BCUT2D eigenvalue weighted by Crippen LogP contribution is -2.18. The monoisotopic (exact) mass is 365 g/mol. The molecule has 27 heavy (non-hydrogen) atoms. The zero-order valence-electron chi connectivity index (χ0n) is 15.8. The minimum Gasteiger partial charge on any atom is -0.357 e. The lowest BCUT2D eigenvalue weighted by Gasteiger charge is -2.22. The second-order valence-electron chi connectivity index (χ2n) is 8.04. The molecule has 1 aromatic carbocycles. The zero-order valence-corrected chi connectivity index (χ0v) is 15.8. The number of aromatic nitrogens is 4. The summed E-state index contributed by atoms with van der Waals surface area (Å²) in [7, 11) is 0. The number of hydrogen-bond acceptors (Lipinski definition) is 4. The number of nitrogens with one attached hydrogen (secondary N) is 1. The molecule has 2 saturated heterocycles. The normalized spacial score (nSPS) is 26.0. The standard InChI is InChI=1S/C21H27N5O/c1-15-8-16(10-22-15)13-25-20-6-5-17(9-18(20)11-23-25)19-12-24-26(14-19)21-4-2-3-7-27-21/h5-6,9,11-12,14-16,21-22H,2-4,7-8,10,13H2,1H3/t15-,16+,21?/m1/s1. The van der Waals surface area contributed by atoms with E-state index in [1.807, 2.05) is 17.1 Å². The molecule has 6 heteroatoms. The molecule has 2 aromatic heterocycles. The average Bonchev–Trinajstić information content (AvgIpc) is 3.43. The van der Waals surface area contributed by atoms with Gasteiger partial charge >= 0.3 is 0 Å². The SMILES string of the molecule is C[C@@H]1C[C@H](Cn2ncc3cc(-c4cnn(C5CCCCO5)c4)ccc32)CN1. The third-order valence-corrected chi connectivity index (χ3v) is 5.90. The number of hydrogen-bond donors (Lipinski definition) is 1. The van der Waals surface area contributed by atoms with Gasteiger partial charge in [0.05, 0.1) is 17.9 Å². The van der Waals surface area contributed by atoms with Crippen molar-refractivity contribution in [3.63, 3.8) is 0 Å². The molecule has 4 heterocycles. The Hall–Kier alpha value is -2.18. The molecule has 0 bridgehead atoms. The van der Waals surface area contributed by atoms with Crippen LogP contribution >= 0.6 is 0 Å². The van der Waals surface area contributed by atoms with Crippen LogP contribution in [0.1, 0.15) is 38.8 Å². The van der Waals surface area contributed by atoms with Crippen LogP contribution in [0.5, 0.6) is 0 Å². The Morgan fingerprint density at radius 2 is 2.15 bits per heavy atom. The van der Waals surface area contributed by atoms with E-state index in [9.17, 15) is 0 Å². The Kier molecular flexibility index (Phi) is 4.45. The highest BCUT2D eigenvalue weighted by molar-refractivity contribution is 5.84. The van der Waals surface area contributed by atoms with E-state index in [2.05, 4.69) is 51.5 Å². The Labute approximate surface area is 159 Å². The second kappa shape index (κ2) is 7.09. The van der Waals surface area contributed by atoms with E-state index < -0.39 is 0 Å². The van der Waals surface area contributed by atoms with Gasteiger partial charge in [-0.25, -0.2) is 4.68 Å².